The van der Waals surface area contributed by atoms with Gasteiger partial charge in [0.05, 0.1) is 7.11 Å². The molecule has 1 aromatic rings. The SMILES string of the molecule is COc1cc(N2CCCN(C(C)=O)CC2)nc(N)n1. The molecular weight excluding hydrogens is 246 g/mol. The van der Waals surface area contributed by atoms with Gasteiger partial charge in [-0.3, -0.25) is 4.79 Å². The Hall–Kier alpha value is -2.05. The van der Waals surface area contributed by atoms with Crippen LogP contribution in [0.25, 0.3) is 0 Å². The third-order valence-electron chi connectivity index (χ3n) is 3.18. The Morgan fingerprint density at radius 3 is 2.79 bits per heavy atom. The van der Waals surface area contributed by atoms with Gasteiger partial charge in [-0.15, -0.1) is 0 Å². The third-order valence-corrected chi connectivity index (χ3v) is 3.18. The van der Waals surface area contributed by atoms with Gasteiger partial charge in [-0.2, -0.15) is 9.97 Å². The standard InChI is InChI=1S/C12H19N5O2/c1-9(18)16-4-3-5-17(7-6-16)10-8-11(19-2)15-12(13)14-10/h8H,3-7H2,1-2H3,(H2,13,14,15). The van der Waals surface area contributed by atoms with Crippen LogP contribution >= 0.6 is 0 Å². The van der Waals surface area contributed by atoms with Gasteiger partial charge in [-0.05, 0) is 6.42 Å². The van der Waals surface area contributed by atoms with Crippen molar-refractivity contribution in [2.45, 2.75) is 13.3 Å². The zero-order valence-electron chi connectivity index (χ0n) is 11.3. The quantitative estimate of drug-likeness (QED) is 0.818. The number of methoxy groups -OCH3 is 1. The number of carbonyl (C=O) groups is 1. The fourth-order valence-electron chi connectivity index (χ4n) is 2.16. The first kappa shape index (κ1) is 13.4. The molecule has 2 N–H and O–H groups in total. The molecule has 1 saturated heterocycles. The summed E-state index contributed by atoms with van der Waals surface area (Å²) in [5, 5.41) is 0. The van der Waals surface area contributed by atoms with E-state index in [9.17, 15) is 4.79 Å². The Labute approximate surface area is 112 Å². The molecule has 2 rings (SSSR count). The number of amides is 1. The maximum absolute atomic E-state index is 11.4. The van der Waals surface area contributed by atoms with E-state index in [4.69, 9.17) is 10.5 Å². The molecule has 2 heterocycles. The number of nitrogens with zero attached hydrogens (tertiary/aromatic N) is 4. The van der Waals surface area contributed by atoms with Crippen molar-refractivity contribution in [2.24, 2.45) is 0 Å². The Morgan fingerprint density at radius 2 is 2.11 bits per heavy atom. The smallest absolute Gasteiger partial charge is 0.225 e. The third kappa shape index (κ3) is 3.24. The van der Waals surface area contributed by atoms with Crippen molar-refractivity contribution in [3.05, 3.63) is 6.07 Å². The summed E-state index contributed by atoms with van der Waals surface area (Å²) < 4.78 is 5.09. The summed E-state index contributed by atoms with van der Waals surface area (Å²) in [5.74, 6) is 1.51. The second kappa shape index (κ2) is 5.73. The molecular formula is C12H19N5O2. The van der Waals surface area contributed by atoms with Crippen molar-refractivity contribution in [3.8, 4) is 5.88 Å². The first-order chi connectivity index (χ1) is 9.10. The van der Waals surface area contributed by atoms with Gasteiger partial charge in [-0.1, -0.05) is 0 Å². The highest BCUT2D eigenvalue weighted by Gasteiger charge is 2.18. The predicted molar refractivity (Wildman–Crippen MR) is 72.1 cm³/mol. The van der Waals surface area contributed by atoms with Crippen LogP contribution in [-0.2, 0) is 4.79 Å². The molecule has 19 heavy (non-hydrogen) atoms. The van der Waals surface area contributed by atoms with Gasteiger partial charge < -0.3 is 20.3 Å². The van der Waals surface area contributed by atoms with Crippen molar-refractivity contribution in [2.75, 3.05) is 43.9 Å². The summed E-state index contributed by atoms with van der Waals surface area (Å²) in [4.78, 5) is 23.5. The molecule has 1 aliphatic rings. The molecule has 7 heteroatoms. The number of rotatable bonds is 2. The van der Waals surface area contributed by atoms with E-state index in [1.165, 1.54) is 0 Å². The average Bonchev–Trinajstić information content (AvgIpc) is 2.63. The van der Waals surface area contributed by atoms with Crippen LogP contribution in [0, 0.1) is 0 Å². The van der Waals surface area contributed by atoms with E-state index >= 15 is 0 Å². The number of hydrogen-bond donors (Lipinski definition) is 1. The predicted octanol–water partition coefficient (Wildman–Crippen LogP) is 0.126. The van der Waals surface area contributed by atoms with Crippen LogP contribution in [0.1, 0.15) is 13.3 Å². The first-order valence-electron chi connectivity index (χ1n) is 6.29. The van der Waals surface area contributed by atoms with E-state index < -0.39 is 0 Å². The van der Waals surface area contributed by atoms with E-state index in [1.807, 2.05) is 4.90 Å². The van der Waals surface area contributed by atoms with Crippen LogP contribution in [0.15, 0.2) is 6.07 Å². The second-order valence-electron chi connectivity index (χ2n) is 4.47. The lowest BCUT2D eigenvalue weighted by atomic mass is 10.3. The molecule has 0 aromatic carbocycles. The van der Waals surface area contributed by atoms with Crippen LogP contribution < -0.4 is 15.4 Å². The lowest BCUT2D eigenvalue weighted by Crippen LogP contribution is -2.33. The van der Waals surface area contributed by atoms with Gasteiger partial charge in [-0.25, -0.2) is 0 Å². The molecule has 104 valence electrons. The number of ether oxygens (including phenoxy) is 1. The maximum atomic E-state index is 11.4. The fraction of sp³-hybridized carbons (Fsp3) is 0.583. The zero-order chi connectivity index (χ0) is 13.8. The number of nitrogen functional groups attached to an aromatic ring is 1. The Bertz CT molecular complexity index is 465. The monoisotopic (exact) mass is 265 g/mol. The fourth-order valence-corrected chi connectivity index (χ4v) is 2.16. The van der Waals surface area contributed by atoms with Gasteiger partial charge in [0, 0.05) is 39.2 Å². The van der Waals surface area contributed by atoms with Crippen LogP contribution in [0.2, 0.25) is 0 Å². The van der Waals surface area contributed by atoms with Gasteiger partial charge in [0.1, 0.15) is 5.82 Å². The summed E-state index contributed by atoms with van der Waals surface area (Å²) >= 11 is 0. The summed E-state index contributed by atoms with van der Waals surface area (Å²) in [6.07, 6.45) is 0.909. The lowest BCUT2D eigenvalue weighted by molar-refractivity contribution is -0.128. The molecule has 0 atom stereocenters. The molecule has 0 aliphatic carbocycles. The summed E-state index contributed by atoms with van der Waals surface area (Å²) in [6.45, 7) is 4.65. The van der Waals surface area contributed by atoms with E-state index in [-0.39, 0.29) is 11.9 Å². The van der Waals surface area contributed by atoms with Crippen LogP contribution in [0.3, 0.4) is 0 Å². The number of carbonyl (C=O) groups excluding carboxylic acids is 1. The molecule has 1 aliphatic heterocycles. The van der Waals surface area contributed by atoms with E-state index in [1.54, 1.807) is 20.1 Å². The molecule has 1 amide bonds. The Kier molecular flexibility index (Phi) is 4.03. The van der Waals surface area contributed by atoms with Crippen LogP contribution in [0.5, 0.6) is 5.88 Å². The van der Waals surface area contributed by atoms with Crippen molar-refractivity contribution in [3.63, 3.8) is 0 Å². The Morgan fingerprint density at radius 1 is 1.32 bits per heavy atom. The second-order valence-corrected chi connectivity index (χ2v) is 4.47. The number of anilines is 2. The molecule has 0 radical (unpaired) electrons. The van der Waals surface area contributed by atoms with E-state index in [0.717, 1.165) is 31.9 Å². The van der Waals surface area contributed by atoms with Crippen molar-refractivity contribution in [1.82, 2.24) is 14.9 Å². The summed E-state index contributed by atoms with van der Waals surface area (Å²) in [5.41, 5.74) is 5.66. The maximum Gasteiger partial charge on any atom is 0.225 e. The van der Waals surface area contributed by atoms with Gasteiger partial charge >= 0.3 is 0 Å². The topological polar surface area (TPSA) is 84.6 Å². The largest absolute Gasteiger partial charge is 0.481 e. The molecule has 1 fully saturated rings. The molecule has 0 saturated carbocycles. The minimum absolute atomic E-state index is 0.113. The van der Waals surface area contributed by atoms with Gasteiger partial charge in [0.25, 0.3) is 0 Å². The molecule has 1 aromatic heterocycles. The van der Waals surface area contributed by atoms with Gasteiger partial charge in [0.15, 0.2) is 0 Å². The van der Waals surface area contributed by atoms with Crippen LogP contribution in [0.4, 0.5) is 11.8 Å². The molecule has 0 bridgehead atoms. The molecule has 0 unspecified atom stereocenters. The minimum Gasteiger partial charge on any atom is -0.481 e. The van der Waals surface area contributed by atoms with E-state index in [2.05, 4.69) is 14.9 Å². The number of hydrogen-bond acceptors (Lipinski definition) is 6. The average molecular weight is 265 g/mol. The Balaban J connectivity index is 2.13. The van der Waals surface area contributed by atoms with Crippen LogP contribution in [-0.4, -0.2) is 54.1 Å². The van der Waals surface area contributed by atoms with Gasteiger partial charge in [0.2, 0.25) is 17.7 Å². The van der Waals surface area contributed by atoms with Crippen molar-refractivity contribution in [1.29, 1.82) is 0 Å². The highest BCUT2D eigenvalue weighted by atomic mass is 16.5. The highest BCUT2D eigenvalue weighted by Crippen LogP contribution is 2.19. The van der Waals surface area contributed by atoms with E-state index in [0.29, 0.717) is 12.4 Å². The lowest BCUT2D eigenvalue weighted by Gasteiger charge is -2.22. The zero-order valence-corrected chi connectivity index (χ0v) is 11.3. The summed E-state index contributed by atoms with van der Waals surface area (Å²) in [7, 11) is 1.55. The first-order valence-corrected chi connectivity index (χ1v) is 6.29. The van der Waals surface area contributed by atoms with Crippen molar-refractivity contribution >= 4 is 17.7 Å². The summed E-state index contributed by atoms with van der Waals surface area (Å²) in [6, 6.07) is 1.76. The minimum atomic E-state index is 0.113. The normalized spacial score (nSPS) is 16.1. The molecule has 0 spiro atoms. The number of nitrogens with two attached hydrogens (primary N) is 1. The van der Waals surface area contributed by atoms with Crippen molar-refractivity contribution < 1.29 is 9.53 Å². The number of aromatic nitrogens is 2. The molecule has 7 nitrogen and oxygen atoms in total. The highest BCUT2D eigenvalue weighted by molar-refractivity contribution is 5.73.